The van der Waals surface area contributed by atoms with Crippen molar-refractivity contribution in [2.75, 3.05) is 29.9 Å². The Bertz CT molecular complexity index is 636. The standard InChI is InChI=1S/C15H15FN4O2/c16-11-2-4-12(5-3-11)19-14(21)13-10-20(8-9-22-13)15-17-6-1-7-18-15/h1-7,13H,8-10H2,(H,19,21)/t13-/m0/s1. The first kappa shape index (κ1) is 14.4. The fraction of sp³-hybridized carbons (Fsp3) is 0.267. The summed E-state index contributed by atoms with van der Waals surface area (Å²) < 4.78 is 18.4. The molecule has 7 heteroatoms. The molecule has 0 saturated carbocycles. The zero-order valence-corrected chi connectivity index (χ0v) is 11.8. The average Bonchev–Trinajstić information content (AvgIpc) is 2.58. The molecule has 2 aromatic rings. The molecule has 1 fully saturated rings. The minimum Gasteiger partial charge on any atom is -0.365 e. The molecule has 1 aromatic carbocycles. The Morgan fingerprint density at radius 2 is 2.00 bits per heavy atom. The third-order valence-electron chi connectivity index (χ3n) is 3.31. The second kappa shape index (κ2) is 6.48. The Morgan fingerprint density at radius 3 is 2.73 bits per heavy atom. The lowest BCUT2D eigenvalue weighted by Gasteiger charge is -2.32. The summed E-state index contributed by atoms with van der Waals surface area (Å²) in [5.74, 6) is -0.0445. The summed E-state index contributed by atoms with van der Waals surface area (Å²) in [5.41, 5.74) is 0.531. The second-order valence-electron chi connectivity index (χ2n) is 4.85. The topological polar surface area (TPSA) is 67.4 Å². The van der Waals surface area contributed by atoms with Crippen LogP contribution >= 0.6 is 0 Å². The van der Waals surface area contributed by atoms with Gasteiger partial charge in [0, 0.05) is 24.6 Å². The highest BCUT2D eigenvalue weighted by molar-refractivity contribution is 5.94. The number of nitrogens with zero attached hydrogens (tertiary/aromatic N) is 3. The van der Waals surface area contributed by atoms with E-state index in [1.807, 2.05) is 4.90 Å². The lowest BCUT2D eigenvalue weighted by molar-refractivity contribution is -0.128. The van der Waals surface area contributed by atoms with Crippen LogP contribution in [0, 0.1) is 5.82 Å². The van der Waals surface area contributed by atoms with Crippen LogP contribution in [0.4, 0.5) is 16.0 Å². The van der Waals surface area contributed by atoms with E-state index >= 15 is 0 Å². The van der Waals surface area contributed by atoms with Crippen LogP contribution in [0.15, 0.2) is 42.7 Å². The molecule has 0 bridgehead atoms. The lowest BCUT2D eigenvalue weighted by atomic mass is 10.2. The van der Waals surface area contributed by atoms with Crippen molar-refractivity contribution in [3.63, 3.8) is 0 Å². The van der Waals surface area contributed by atoms with Gasteiger partial charge in [-0.3, -0.25) is 4.79 Å². The molecule has 0 aliphatic carbocycles. The zero-order chi connectivity index (χ0) is 15.4. The summed E-state index contributed by atoms with van der Waals surface area (Å²) in [7, 11) is 0. The Hall–Kier alpha value is -2.54. The van der Waals surface area contributed by atoms with Crippen LogP contribution in [-0.2, 0) is 9.53 Å². The van der Waals surface area contributed by atoms with Crippen molar-refractivity contribution < 1.29 is 13.9 Å². The molecule has 2 heterocycles. The molecule has 3 rings (SSSR count). The summed E-state index contributed by atoms with van der Waals surface area (Å²) in [6, 6.07) is 7.34. The van der Waals surface area contributed by atoms with E-state index in [1.165, 1.54) is 24.3 Å². The van der Waals surface area contributed by atoms with Gasteiger partial charge in [0.05, 0.1) is 13.2 Å². The molecular formula is C15H15FN4O2. The van der Waals surface area contributed by atoms with E-state index in [4.69, 9.17) is 4.74 Å². The van der Waals surface area contributed by atoms with E-state index < -0.39 is 6.10 Å². The van der Waals surface area contributed by atoms with Crippen LogP contribution in [0.5, 0.6) is 0 Å². The van der Waals surface area contributed by atoms with Crippen LogP contribution in [0.3, 0.4) is 0 Å². The molecule has 1 aromatic heterocycles. The number of hydrogen-bond donors (Lipinski definition) is 1. The highest BCUT2D eigenvalue weighted by Crippen LogP contribution is 2.14. The lowest BCUT2D eigenvalue weighted by Crippen LogP contribution is -2.48. The van der Waals surface area contributed by atoms with Gasteiger partial charge < -0.3 is 15.0 Å². The molecular weight excluding hydrogens is 287 g/mol. The van der Waals surface area contributed by atoms with Gasteiger partial charge in [-0.25, -0.2) is 14.4 Å². The fourth-order valence-electron chi connectivity index (χ4n) is 2.20. The van der Waals surface area contributed by atoms with Crippen LogP contribution < -0.4 is 10.2 Å². The third-order valence-corrected chi connectivity index (χ3v) is 3.31. The number of benzene rings is 1. The quantitative estimate of drug-likeness (QED) is 0.929. The van der Waals surface area contributed by atoms with Gasteiger partial charge in [0.2, 0.25) is 5.95 Å². The number of carbonyl (C=O) groups is 1. The van der Waals surface area contributed by atoms with Crippen molar-refractivity contribution in [1.82, 2.24) is 9.97 Å². The molecule has 0 spiro atoms. The van der Waals surface area contributed by atoms with Gasteiger partial charge in [-0.15, -0.1) is 0 Å². The summed E-state index contributed by atoms with van der Waals surface area (Å²) in [6.45, 7) is 1.42. The number of rotatable bonds is 3. The smallest absolute Gasteiger partial charge is 0.255 e. The number of hydrogen-bond acceptors (Lipinski definition) is 5. The molecule has 6 nitrogen and oxygen atoms in total. The fourth-order valence-corrected chi connectivity index (χ4v) is 2.20. The van der Waals surface area contributed by atoms with Gasteiger partial charge in [0.15, 0.2) is 6.10 Å². The highest BCUT2D eigenvalue weighted by atomic mass is 19.1. The van der Waals surface area contributed by atoms with E-state index in [9.17, 15) is 9.18 Å². The monoisotopic (exact) mass is 302 g/mol. The van der Waals surface area contributed by atoms with Gasteiger partial charge in [0.1, 0.15) is 5.82 Å². The van der Waals surface area contributed by atoms with Crippen molar-refractivity contribution in [1.29, 1.82) is 0 Å². The first-order valence-corrected chi connectivity index (χ1v) is 6.92. The number of carbonyl (C=O) groups excluding carboxylic acids is 1. The summed E-state index contributed by atoms with van der Waals surface area (Å²) in [5, 5.41) is 2.71. The number of ether oxygens (including phenoxy) is 1. The van der Waals surface area contributed by atoms with E-state index in [-0.39, 0.29) is 11.7 Å². The molecule has 1 aliphatic rings. The minimum atomic E-state index is -0.623. The van der Waals surface area contributed by atoms with Crippen molar-refractivity contribution >= 4 is 17.5 Å². The predicted molar refractivity (Wildman–Crippen MR) is 79.0 cm³/mol. The van der Waals surface area contributed by atoms with Gasteiger partial charge in [-0.2, -0.15) is 0 Å². The molecule has 0 radical (unpaired) electrons. The third kappa shape index (κ3) is 3.37. The number of halogens is 1. The Kier molecular flexibility index (Phi) is 4.24. The zero-order valence-electron chi connectivity index (χ0n) is 11.8. The average molecular weight is 302 g/mol. The van der Waals surface area contributed by atoms with Crippen LogP contribution in [0.25, 0.3) is 0 Å². The molecule has 1 amide bonds. The first-order valence-electron chi connectivity index (χ1n) is 6.92. The van der Waals surface area contributed by atoms with E-state index in [0.717, 1.165) is 0 Å². The van der Waals surface area contributed by atoms with Gasteiger partial charge in [-0.1, -0.05) is 0 Å². The Morgan fingerprint density at radius 1 is 1.27 bits per heavy atom. The molecule has 0 unspecified atom stereocenters. The summed E-state index contributed by atoms with van der Waals surface area (Å²) in [4.78, 5) is 22.5. The normalized spacial score (nSPS) is 18.0. The number of nitrogens with one attached hydrogen (secondary N) is 1. The Labute approximate surface area is 126 Å². The largest absolute Gasteiger partial charge is 0.365 e. The number of aromatic nitrogens is 2. The summed E-state index contributed by atoms with van der Waals surface area (Å²) >= 11 is 0. The highest BCUT2D eigenvalue weighted by Gasteiger charge is 2.27. The molecule has 1 atom stereocenters. The Balaban J connectivity index is 1.64. The van der Waals surface area contributed by atoms with E-state index in [0.29, 0.717) is 31.3 Å². The van der Waals surface area contributed by atoms with E-state index in [1.54, 1.807) is 18.5 Å². The maximum atomic E-state index is 12.9. The van der Waals surface area contributed by atoms with E-state index in [2.05, 4.69) is 15.3 Å². The molecule has 1 N–H and O–H groups in total. The van der Waals surface area contributed by atoms with Crippen molar-refractivity contribution in [2.24, 2.45) is 0 Å². The van der Waals surface area contributed by atoms with Gasteiger partial charge in [-0.05, 0) is 30.3 Å². The maximum Gasteiger partial charge on any atom is 0.255 e. The van der Waals surface area contributed by atoms with Crippen molar-refractivity contribution in [3.8, 4) is 0 Å². The van der Waals surface area contributed by atoms with Crippen molar-refractivity contribution in [2.45, 2.75) is 6.10 Å². The molecule has 1 aliphatic heterocycles. The SMILES string of the molecule is O=C(Nc1ccc(F)cc1)[C@@H]1CN(c2ncccn2)CCO1. The number of anilines is 2. The minimum absolute atomic E-state index is 0.271. The van der Waals surface area contributed by atoms with Crippen LogP contribution in [-0.4, -0.2) is 41.7 Å². The second-order valence-corrected chi connectivity index (χ2v) is 4.85. The van der Waals surface area contributed by atoms with Crippen LogP contribution in [0.2, 0.25) is 0 Å². The van der Waals surface area contributed by atoms with Gasteiger partial charge >= 0.3 is 0 Å². The summed E-state index contributed by atoms with van der Waals surface area (Å²) in [6.07, 6.45) is 2.69. The number of amides is 1. The van der Waals surface area contributed by atoms with Crippen LogP contribution in [0.1, 0.15) is 0 Å². The maximum absolute atomic E-state index is 12.9. The number of morpholine rings is 1. The predicted octanol–water partition coefficient (Wildman–Crippen LogP) is 1.46. The molecule has 1 saturated heterocycles. The van der Waals surface area contributed by atoms with Gasteiger partial charge in [0.25, 0.3) is 5.91 Å². The van der Waals surface area contributed by atoms with Crippen molar-refractivity contribution in [3.05, 3.63) is 48.5 Å². The molecule has 22 heavy (non-hydrogen) atoms. The molecule has 114 valence electrons. The first-order chi connectivity index (χ1) is 10.7.